The van der Waals surface area contributed by atoms with Crippen molar-refractivity contribution >= 4 is 11.9 Å². The first-order valence-electron chi connectivity index (χ1n) is 4.11. The van der Waals surface area contributed by atoms with E-state index in [9.17, 15) is 9.59 Å². The van der Waals surface area contributed by atoms with Gasteiger partial charge in [0.2, 0.25) is 5.88 Å². The lowest BCUT2D eigenvalue weighted by Gasteiger charge is -2.02. The van der Waals surface area contributed by atoms with E-state index < -0.39 is 17.8 Å². The SMILES string of the molecule is O=C(O)CCNC(=O)c1nccnc1O. The average molecular weight is 211 g/mol. The Balaban J connectivity index is 2.54. The molecule has 7 heteroatoms. The van der Waals surface area contributed by atoms with Crippen LogP contribution in [0.5, 0.6) is 5.88 Å². The fourth-order valence-electron chi connectivity index (χ4n) is 0.858. The summed E-state index contributed by atoms with van der Waals surface area (Å²) in [5, 5.41) is 19.8. The molecule has 0 aliphatic heterocycles. The highest BCUT2D eigenvalue weighted by Gasteiger charge is 2.12. The second-order valence-electron chi connectivity index (χ2n) is 2.63. The van der Waals surface area contributed by atoms with Crippen LogP contribution in [0, 0.1) is 0 Å². The predicted octanol–water partition coefficient (Wildman–Crippen LogP) is -0.613. The van der Waals surface area contributed by atoms with E-state index in [4.69, 9.17) is 10.2 Å². The largest absolute Gasteiger partial charge is 0.492 e. The summed E-state index contributed by atoms with van der Waals surface area (Å²) in [6.45, 7) is -0.0236. The van der Waals surface area contributed by atoms with Crippen LogP contribution < -0.4 is 5.32 Å². The molecule has 0 unspecified atom stereocenters. The maximum Gasteiger partial charge on any atom is 0.305 e. The van der Waals surface area contributed by atoms with Crippen molar-refractivity contribution in [2.75, 3.05) is 6.54 Å². The molecular weight excluding hydrogens is 202 g/mol. The normalized spacial score (nSPS) is 9.60. The summed E-state index contributed by atoms with van der Waals surface area (Å²) in [4.78, 5) is 28.5. The summed E-state index contributed by atoms with van der Waals surface area (Å²) in [6.07, 6.45) is 2.31. The average Bonchev–Trinajstić information content (AvgIpc) is 2.17. The highest BCUT2D eigenvalue weighted by atomic mass is 16.4. The smallest absolute Gasteiger partial charge is 0.305 e. The third-order valence-corrected chi connectivity index (χ3v) is 1.52. The number of hydrogen-bond acceptors (Lipinski definition) is 5. The number of aromatic nitrogens is 2. The molecular formula is C8H9N3O4. The second kappa shape index (κ2) is 4.89. The van der Waals surface area contributed by atoms with E-state index in [1.165, 1.54) is 12.4 Å². The van der Waals surface area contributed by atoms with Crippen molar-refractivity contribution in [1.82, 2.24) is 15.3 Å². The lowest BCUT2D eigenvalue weighted by Crippen LogP contribution is -2.27. The van der Waals surface area contributed by atoms with Crippen LogP contribution >= 0.6 is 0 Å². The van der Waals surface area contributed by atoms with E-state index in [0.29, 0.717) is 0 Å². The van der Waals surface area contributed by atoms with Crippen molar-refractivity contribution in [3.05, 3.63) is 18.1 Å². The van der Waals surface area contributed by atoms with E-state index in [-0.39, 0.29) is 18.7 Å². The lowest BCUT2D eigenvalue weighted by atomic mass is 10.3. The number of carbonyl (C=O) groups is 2. The minimum Gasteiger partial charge on any atom is -0.492 e. The molecule has 0 aliphatic carbocycles. The van der Waals surface area contributed by atoms with Crippen molar-refractivity contribution in [2.45, 2.75) is 6.42 Å². The predicted molar refractivity (Wildman–Crippen MR) is 48.3 cm³/mol. The quantitative estimate of drug-likeness (QED) is 0.612. The number of carbonyl (C=O) groups excluding carboxylic acids is 1. The number of nitrogens with zero attached hydrogens (tertiary/aromatic N) is 2. The number of rotatable bonds is 4. The molecule has 1 heterocycles. The third kappa shape index (κ3) is 3.22. The second-order valence-corrected chi connectivity index (χ2v) is 2.63. The van der Waals surface area contributed by atoms with Crippen LogP contribution in [0.1, 0.15) is 16.9 Å². The zero-order valence-corrected chi connectivity index (χ0v) is 7.67. The molecule has 0 bridgehead atoms. The highest BCUT2D eigenvalue weighted by Crippen LogP contribution is 2.07. The standard InChI is InChI=1S/C8H9N3O4/c12-5(13)1-2-10-7(14)6-8(15)11-4-3-9-6/h3-4H,1-2H2,(H,10,14)(H,11,15)(H,12,13). The molecule has 1 amide bonds. The molecule has 1 aromatic rings. The Morgan fingerprint density at radius 1 is 1.33 bits per heavy atom. The maximum atomic E-state index is 11.3. The van der Waals surface area contributed by atoms with E-state index in [1.54, 1.807) is 0 Å². The van der Waals surface area contributed by atoms with Gasteiger partial charge in [0.05, 0.1) is 6.42 Å². The van der Waals surface area contributed by atoms with Gasteiger partial charge in [-0.25, -0.2) is 9.97 Å². The summed E-state index contributed by atoms with van der Waals surface area (Å²) >= 11 is 0. The Kier molecular flexibility index (Phi) is 3.55. The molecule has 3 N–H and O–H groups in total. The number of carboxylic acid groups (broad SMARTS) is 1. The van der Waals surface area contributed by atoms with Gasteiger partial charge in [0.1, 0.15) is 0 Å². The fraction of sp³-hybridized carbons (Fsp3) is 0.250. The minimum absolute atomic E-state index is 0.0236. The summed E-state index contributed by atoms with van der Waals surface area (Å²) in [5.41, 5.74) is -0.220. The molecule has 0 aliphatic rings. The summed E-state index contributed by atoms with van der Waals surface area (Å²) < 4.78 is 0. The minimum atomic E-state index is -1.02. The number of nitrogens with one attached hydrogen (secondary N) is 1. The van der Waals surface area contributed by atoms with Gasteiger partial charge in [0.15, 0.2) is 5.69 Å². The van der Waals surface area contributed by atoms with Gasteiger partial charge in [0, 0.05) is 18.9 Å². The van der Waals surface area contributed by atoms with Gasteiger partial charge in [-0.05, 0) is 0 Å². The fourth-order valence-corrected chi connectivity index (χ4v) is 0.858. The molecule has 1 aromatic heterocycles. The number of aliphatic carboxylic acids is 1. The summed E-state index contributed by atoms with van der Waals surface area (Å²) in [7, 11) is 0. The molecule has 0 aromatic carbocycles. The number of aromatic hydroxyl groups is 1. The zero-order valence-electron chi connectivity index (χ0n) is 7.67. The molecule has 0 fully saturated rings. The van der Waals surface area contributed by atoms with Crippen molar-refractivity contribution in [3.63, 3.8) is 0 Å². The van der Waals surface area contributed by atoms with Crippen molar-refractivity contribution in [3.8, 4) is 5.88 Å². The molecule has 0 spiro atoms. The Morgan fingerprint density at radius 3 is 2.60 bits per heavy atom. The first kappa shape index (κ1) is 10.9. The Bertz CT molecular complexity index is 380. The van der Waals surface area contributed by atoms with Crippen LogP contribution in [0.4, 0.5) is 0 Å². The molecule has 1 rings (SSSR count). The van der Waals surface area contributed by atoms with Crippen LogP contribution in [0.2, 0.25) is 0 Å². The van der Waals surface area contributed by atoms with Gasteiger partial charge in [-0.15, -0.1) is 0 Å². The van der Waals surface area contributed by atoms with E-state index in [0.717, 1.165) is 0 Å². The molecule has 0 atom stereocenters. The Morgan fingerprint density at radius 2 is 2.00 bits per heavy atom. The maximum absolute atomic E-state index is 11.3. The highest BCUT2D eigenvalue weighted by molar-refractivity contribution is 5.94. The number of carboxylic acids is 1. The monoisotopic (exact) mass is 211 g/mol. The van der Waals surface area contributed by atoms with E-state index in [2.05, 4.69) is 15.3 Å². The molecule has 7 nitrogen and oxygen atoms in total. The van der Waals surface area contributed by atoms with Crippen LogP contribution in [0.3, 0.4) is 0 Å². The molecule has 0 saturated heterocycles. The van der Waals surface area contributed by atoms with Crippen molar-refractivity contribution in [1.29, 1.82) is 0 Å². The van der Waals surface area contributed by atoms with E-state index in [1.807, 2.05) is 0 Å². The first-order valence-corrected chi connectivity index (χ1v) is 4.11. The van der Waals surface area contributed by atoms with Crippen LogP contribution in [-0.2, 0) is 4.79 Å². The third-order valence-electron chi connectivity index (χ3n) is 1.52. The van der Waals surface area contributed by atoms with Crippen LogP contribution in [0.15, 0.2) is 12.4 Å². The van der Waals surface area contributed by atoms with Crippen LogP contribution in [0.25, 0.3) is 0 Å². The Labute approximate surface area is 84.8 Å². The van der Waals surface area contributed by atoms with Gasteiger partial charge < -0.3 is 15.5 Å². The lowest BCUT2D eigenvalue weighted by molar-refractivity contribution is -0.136. The molecule has 0 saturated carbocycles. The molecule has 15 heavy (non-hydrogen) atoms. The Hall–Kier alpha value is -2.18. The van der Waals surface area contributed by atoms with Crippen molar-refractivity contribution < 1.29 is 19.8 Å². The van der Waals surface area contributed by atoms with Gasteiger partial charge >= 0.3 is 5.97 Å². The molecule has 0 radical (unpaired) electrons. The number of hydrogen-bond donors (Lipinski definition) is 3. The summed E-state index contributed by atoms with van der Waals surface area (Å²) in [5.74, 6) is -2.15. The topological polar surface area (TPSA) is 112 Å². The van der Waals surface area contributed by atoms with Gasteiger partial charge in [-0.3, -0.25) is 9.59 Å². The van der Waals surface area contributed by atoms with E-state index >= 15 is 0 Å². The van der Waals surface area contributed by atoms with Crippen molar-refractivity contribution in [2.24, 2.45) is 0 Å². The zero-order chi connectivity index (χ0) is 11.3. The number of amides is 1. The first-order chi connectivity index (χ1) is 7.11. The van der Waals surface area contributed by atoms with Gasteiger partial charge in [-0.1, -0.05) is 0 Å². The van der Waals surface area contributed by atoms with Crippen LogP contribution in [-0.4, -0.2) is 38.6 Å². The summed E-state index contributed by atoms with van der Waals surface area (Å²) in [6, 6.07) is 0. The molecule has 80 valence electrons. The van der Waals surface area contributed by atoms with Gasteiger partial charge in [0.25, 0.3) is 5.91 Å². The van der Waals surface area contributed by atoms with Gasteiger partial charge in [-0.2, -0.15) is 0 Å².